The van der Waals surface area contributed by atoms with E-state index in [-0.39, 0.29) is 5.69 Å². The van der Waals surface area contributed by atoms with Crippen molar-refractivity contribution >= 4 is 17.5 Å². The van der Waals surface area contributed by atoms with Crippen LogP contribution in [0.1, 0.15) is 29.4 Å². The predicted octanol–water partition coefficient (Wildman–Crippen LogP) is 5.62. The molecule has 0 saturated heterocycles. The molecule has 41 heavy (non-hydrogen) atoms. The number of anilines is 2. The fraction of sp³-hybridized carbons (Fsp3) is 0.179. The number of nitrogens with zero attached hydrogens (tertiary/aromatic N) is 6. The van der Waals surface area contributed by atoms with Crippen LogP contribution in [0, 0.1) is 0 Å². The van der Waals surface area contributed by atoms with E-state index in [1.807, 2.05) is 6.92 Å². The number of alkyl halides is 3. The quantitative estimate of drug-likeness (QED) is 0.240. The first-order chi connectivity index (χ1) is 19.8. The van der Waals surface area contributed by atoms with E-state index in [0.29, 0.717) is 39.3 Å². The van der Waals surface area contributed by atoms with Gasteiger partial charge in [-0.25, -0.2) is 14.6 Å². The number of carbonyl (C=O) groups is 1. The first-order valence-electron chi connectivity index (χ1n) is 12.6. The maximum atomic E-state index is 14.1. The number of hydrogen-bond acceptors (Lipinski definition) is 7. The number of imidazole rings is 1. The van der Waals surface area contributed by atoms with Crippen LogP contribution in [0.2, 0.25) is 0 Å². The van der Waals surface area contributed by atoms with Gasteiger partial charge in [0, 0.05) is 36.4 Å². The minimum Gasteiger partial charge on any atom is -0.497 e. The van der Waals surface area contributed by atoms with Crippen LogP contribution in [0.25, 0.3) is 22.9 Å². The van der Waals surface area contributed by atoms with Crippen LogP contribution in [0.3, 0.4) is 0 Å². The fourth-order valence-electron chi connectivity index (χ4n) is 4.11. The van der Waals surface area contributed by atoms with Crippen LogP contribution in [0.15, 0.2) is 79.4 Å². The SMILES string of the molecule is CCCNc1nccc(-n2ccnc2-c2ccc(NC(=O)c3cnn(-c4ccc(OC)cc4)c3C(F)(F)F)cc2)n1. The van der Waals surface area contributed by atoms with Gasteiger partial charge in [-0.05, 0) is 61.0 Å². The number of benzene rings is 2. The summed E-state index contributed by atoms with van der Waals surface area (Å²) in [4.78, 5) is 26.1. The Bertz CT molecular complexity index is 1640. The molecule has 0 radical (unpaired) electrons. The number of hydrogen-bond donors (Lipinski definition) is 2. The predicted molar refractivity (Wildman–Crippen MR) is 146 cm³/mol. The van der Waals surface area contributed by atoms with Gasteiger partial charge >= 0.3 is 6.18 Å². The van der Waals surface area contributed by atoms with Gasteiger partial charge in [0.25, 0.3) is 5.91 Å². The lowest BCUT2D eigenvalue weighted by molar-refractivity contribution is -0.143. The van der Waals surface area contributed by atoms with Gasteiger partial charge in [0.1, 0.15) is 17.4 Å². The van der Waals surface area contributed by atoms with Crippen molar-refractivity contribution in [3.63, 3.8) is 0 Å². The molecule has 10 nitrogen and oxygen atoms in total. The van der Waals surface area contributed by atoms with Crippen LogP contribution in [-0.2, 0) is 6.18 Å². The average Bonchev–Trinajstić information content (AvgIpc) is 3.65. The molecule has 0 spiro atoms. The van der Waals surface area contributed by atoms with Crippen LogP contribution in [0.4, 0.5) is 24.8 Å². The molecule has 0 bridgehead atoms. The van der Waals surface area contributed by atoms with Crippen molar-refractivity contribution in [2.24, 2.45) is 0 Å². The third kappa shape index (κ3) is 5.88. The zero-order valence-corrected chi connectivity index (χ0v) is 22.1. The summed E-state index contributed by atoms with van der Waals surface area (Å²) in [7, 11) is 1.45. The molecule has 5 aromatic rings. The number of halogens is 3. The minimum atomic E-state index is -4.84. The van der Waals surface area contributed by atoms with Gasteiger partial charge in [0.15, 0.2) is 5.69 Å². The van der Waals surface area contributed by atoms with Crippen molar-refractivity contribution in [1.82, 2.24) is 29.3 Å². The van der Waals surface area contributed by atoms with E-state index < -0.39 is 23.3 Å². The van der Waals surface area contributed by atoms with E-state index in [4.69, 9.17) is 4.74 Å². The van der Waals surface area contributed by atoms with E-state index in [1.54, 1.807) is 53.5 Å². The van der Waals surface area contributed by atoms with E-state index in [0.717, 1.165) is 19.2 Å². The Labute approximate surface area is 232 Å². The zero-order chi connectivity index (χ0) is 29.0. The van der Waals surface area contributed by atoms with Crippen LogP contribution in [-0.4, -0.2) is 48.9 Å². The highest BCUT2D eigenvalue weighted by atomic mass is 19.4. The first-order valence-corrected chi connectivity index (χ1v) is 12.6. The Balaban J connectivity index is 1.37. The molecule has 13 heteroatoms. The monoisotopic (exact) mass is 562 g/mol. The Kier molecular flexibility index (Phi) is 7.68. The molecule has 0 saturated carbocycles. The minimum absolute atomic E-state index is 0.133. The number of rotatable bonds is 9. The molecule has 5 rings (SSSR count). The summed E-state index contributed by atoms with van der Waals surface area (Å²) < 4.78 is 49.7. The largest absolute Gasteiger partial charge is 0.497 e. The first kappa shape index (κ1) is 27.4. The molecule has 0 fully saturated rings. The standard InChI is InChI=1S/C28H25F3N8O2/c1-3-13-33-27-34-14-12-23(37-27)38-16-15-32-25(38)18-4-6-19(7-5-18)36-26(40)22-17-35-39(24(22)28(29,30)31)20-8-10-21(41-2)11-9-20/h4-12,14-17H,3,13H2,1-2H3,(H,36,40)(H,33,34,37). The van der Waals surface area contributed by atoms with Crippen molar-refractivity contribution in [3.05, 3.63) is 90.6 Å². The lowest BCUT2D eigenvalue weighted by Gasteiger charge is -2.13. The van der Waals surface area contributed by atoms with Gasteiger partial charge in [-0.15, -0.1) is 0 Å². The molecule has 210 valence electrons. The van der Waals surface area contributed by atoms with Crippen molar-refractivity contribution in [2.45, 2.75) is 19.5 Å². The summed E-state index contributed by atoms with van der Waals surface area (Å²) in [6.45, 7) is 2.78. The Morgan fingerprint density at radius 1 is 1.00 bits per heavy atom. The number of methoxy groups -OCH3 is 1. The van der Waals surface area contributed by atoms with Gasteiger partial charge in [-0.1, -0.05) is 6.92 Å². The van der Waals surface area contributed by atoms with Crippen LogP contribution in [0.5, 0.6) is 5.75 Å². The molecule has 0 aliphatic heterocycles. The smallest absolute Gasteiger partial charge is 0.434 e. The molecule has 0 atom stereocenters. The second kappa shape index (κ2) is 11.5. The maximum absolute atomic E-state index is 14.1. The van der Waals surface area contributed by atoms with E-state index >= 15 is 0 Å². The third-order valence-electron chi connectivity index (χ3n) is 6.06. The summed E-state index contributed by atoms with van der Waals surface area (Å²) in [5, 5.41) is 9.53. The molecule has 2 N–H and O–H groups in total. The molecule has 3 heterocycles. The maximum Gasteiger partial charge on any atom is 0.434 e. The molecule has 2 aromatic carbocycles. The molecule has 0 aliphatic carbocycles. The van der Waals surface area contributed by atoms with E-state index in [1.165, 1.54) is 31.4 Å². The summed E-state index contributed by atoms with van der Waals surface area (Å²) in [6.07, 6.45) is 2.03. The molecule has 3 aromatic heterocycles. The van der Waals surface area contributed by atoms with Crippen molar-refractivity contribution < 1.29 is 22.7 Å². The highest BCUT2D eigenvalue weighted by Gasteiger charge is 2.40. The second-order valence-electron chi connectivity index (χ2n) is 8.83. The van der Waals surface area contributed by atoms with Crippen LogP contribution >= 0.6 is 0 Å². The summed E-state index contributed by atoms with van der Waals surface area (Å²) >= 11 is 0. The van der Waals surface area contributed by atoms with E-state index in [2.05, 4.69) is 30.7 Å². The van der Waals surface area contributed by atoms with E-state index in [9.17, 15) is 18.0 Å². The molecular weight excluding hydrogens is 537 g/mol. The number of aromatic nitrogens is 6. The number of ether oxygens (including phenoxy) is 1. The molecular formula is C28H25F3N8O2. The normalized spacial score (nSPS) is 11.3. The van der Waals surface area contributed by atoms with Gasteiger partial charge in [0.2, 0.25) is 5.95 Å². The second-order valence-corrected chi connectivity index (χ2v) is 8.83. The lowest BCUT2D eigenvalue weighted by Crippen LogP contribution is -2.20. The van der Waals surface area contributed by atoms with Gasteiger partial charge < -0.3 is 15.4 Å². The Hall–Kier alpha value is -5.20. The number of nitrogens with one attached hydrogen (secondary N) is 2. The van der Waals surface area contributed by atoms with Gasteiger partial charge in [0.05, 0.1) is 24.6 Å². The number of carbonyl (C=O) groups excluding carboxylic acids is 1. The third-order valence-corrected chi connectivity index (χ3v) is 6.06. The average molecular weight is 563 g/mol. The topological polar surface area (TPSA) is 112 Å². The van der Waals surface area contributed by atoms with Crippen molar-refractivity contribution in [1.29, 1.82) is 0 Å². The summed E-state index contributed by atoms with van der Waals surface area (Å²) in [5.74, 6) is 1.22. The summed E-state index contributed by atoms with van der Waals surface area (Å²) in [6, 6.07) is 14.2. The van der Waals surface area contributed by atoms with Gasteiger partial charge in [-0.2, -0.15) is 23.3 Å². The molecule has 0 unspecified atom stereocenters. The Morgan fingerprint density at radius 2 is 1.76 bits per heavy atom. The zero-order valence-electron chi connectivity index (χ0n) is 22.1. The highest BCUT2D eigenvalue weighted by Crippen LogP contribution is 2.34. The van der Waals surface area contributed by atoms with Crippen LogP contribution < -0.4 is 15.4 Å². The Morgan fingerprint density at radius 3 is 2.44 bits per heavy atom. The molecule has 0 aliphatic rings. The highest BCUT2D eigenvalue weighted by molar-refractivity contribution is 6.05. The fourth-order valence-corrected chi connectivity index (χ4v) is 4.11. The number of amides is 1. The lowest BCUT2D eigenvalue weighted by atomic mass is 10.1. The van der Waals surface area contributed by atoms with Gasteiger partial charge in [-0.3, -0.25) is 9.36 Å². The van der Waals surface area contributed by atoms with Crippen molar-refractivity contribution in [3.8, 4) is 28.6 Å². The van der Waals surface area contributed by atoms with Crippen molar-refractivity contribution in [2.75, 3.05) is 24.3 Å². The molecule has 1 amide bonds. The summed E-state index contributed by atoms with van der Waals surface area (Å²) in [5.41, 5.74) is -0.650.